The lowest BCUT2D eigenvalue weighted by Gasteiger charge is -2.22. The third-order valence-corrected chi connectivity index (χ3v) is 17.0. The maximum Gasteiger partial charge on any atom is -0.00139 e. The van der Waals surface area contributed by atoms with Crippen LogP contribution in [0.25, 0.3) is 153 Å². The molecular weight excluding hydrogens is 985 g/mol. The minimum absolute atomic E-state index is 1.25. The third kappa shape index (κ3) is 8.06. The van der Waals surface area contributed by atoms with Crippen molar-refractivity contribution in [1.29, 1.82) is 0 Å². The summed E-state index contributed by atoms with van der Waals surface area (Å²) in [6.07, 6.45) is 0. The number of fused-ring (bicyclic) bond motifs is 8. The van der Waals surface area contributed by atoms with E-state index >= 15 is 0 Å². The quantitative estimate of drug-likeness (QED) is 0.146. The summed E-state index contributed by atoms with van der Waals surface area (Å²) in [7, 11) is 0. The van der Waals surface area contributed by atoms with Crippen LogP contribution in [0.3, 0.4) is 0 Å². The molecule has 0 unspecified atom stereocenters. The number of aryl methyl sites for hydroxylation is 2. The van der Waals surface area contributed by atoms with Crippen LogP contribution in [0.15, 0.2) is 303 Å². The molecule has 16 aromatic carbocycles. The molecule has 16 rings (SSSR count). The lowest BCUT2D eigenvalue weighted by Crippen LogP contribution is -1.94. The fourth-order valence-electron chi connectivity index (χ4n) is 13.5. The monoisotopic (exact) mass is 1040 g/mol. The van der Waals surface area contributed by atoms with E-state index in [-0.39, 0.29) is 0 Å². The molecule has 16 aromatic rings. The van der Waals surface area contributed by atoms with Gasteiger partial charge in [0.2, 0.25) is 0 Å². The van der Waals surface area contributed by atoms with E-state index in [9.17, 15) is 0 Å². The average molecular weight is 1040 g/mol. The van der Waals surface area contributed by atoms with Gasteiger partial charge in [-0.05, 0) is 167 Å². The van der Waals surface area contributed by atoms with Crippen LogP contribution in [0.2, 0.25) is 0 Å². The number of benzene rings is 16. The Labute approximate surface area is 478 Å². The van der Waals surface area contributed by atoms with Crippen molar-refractivity contribution in [3.63, 3.8) is 0 Å². The molecule has 0 spiro atoms. The zero-order valence-corrected chi connectivity index (χ0v) is 45.9. The topological polar surface area (TPSA) is 0 Å². The fraction of sp³-hybridized carbons (Fsp3) is 0.0244. The zero-order chi connectivity index (χ0) is 54.7. The van der Waals surface area contributed by atoms with Crippen LogP contribution in [0.4, 0.5) is 0 Å². The van der Waals surface area contributed by atoms with Crippen molar-refractivity contribution in [3.05, 3.63) is 314 Å². The van der Waals surface area contributed by atoms with Crippen molar-refractivity contribution < 1.29 is 0 Å². The molecule has 0 radical (unpaired) electrons. The SMILES string of the molecule is Cc1ccc(-c2c3ccccc3c(-c3c4ccccc4c(-c4ccc(C)cc4)c4ccccc34)c3ccccc23)cc1.c1ccc(-c2c3ccccc3c(-c3c4ccccc4c(-c4ccccc4)c4ccccc34)c3ccccc23)cc1. The van der Waals surface area contributed by atoms with Crippen LogP contribution in [-0.4, -0.2) is 0 Å². The summed E-state index contributed by atoms with van der Waals surface area (Å²) >= 11 is 0. The number of hydrogen-bond acceptors (Lipinski definition) is 0. The average Bonchev–Trinajstić information content (AvgIpc) is 3.73. The number of rotatable bonds is 6. The van der Waals surface area contributed by atoms with Gasteiger partial charge in [-0.25, -0.2) is 0 Å². The first-order chi connectivity index (χ1) is 40.6. The molecule has 0 saturated heterocycles. The lowest BCUT2D eigenvalue weighted by atomic mass is 9.81. The highest BCUT2D eigenvalue weighted by atomic mass is 14.3. The van der Waals surface area contributed by atoms with E-state index in [1.165, 1.54) is 164 Å². The summed E-state index contributed by atoms with van der Waals surface area (Å²) in [5.74, 6) is 0. The molecule has 0 nitrogen and oxygen atoms in total. The van der Waals surface area contributed by atoms with Crippen LogP contribution in [-0.2, 0) is 0 Å². The molecule has 0 aliphatic heterocycles. The summed E-state index contributed by atoms with van der Waals surface area (Å²) in [6.45, 7) is 4.30. The predicted molar refractivity (Wildman–Crippen MR) is 355 cm³/mol. The van der Waals surface area contributed by atoms with Gasteiger partial charge >= 0.3 is 0 Å². The largest absolute Gasteiger partial charge is 0.0622 e. The van der Waals surface area contributed by atoms with Gasteiger partial charge in [0.25, 0.3) is 0 Å². The van der Waals surface area contributed by atoms with E-state index in [4.69, 9.17) is 0 Å². The van der Waals surface area contributed by atoms with E-state index in [1.807, 2.05) is 0 Å². The van der Waals surface area contributed by atoms with Crippen molar-refractivity contribution >= 4 is 86.2 Å². The van der Waals surface area contributed by atoms with E-state index < -0.39 is 0 Å². The van der Waals surface area contributed by atoms with Crippen molar-refractivity contribution in [2.45, 2.75) is 13.8 Å². The van der Waals surface area contributed by atoms with Crippen molar-refractivity contribution in [2.24, 2.45) is 0 Å². The van der Waals surface area contributed by atoms with Gasteiger partial charge in [-0.15, -0.1) is 0 Å². The molecule has 0 atom stereocenters. The highest BCUT2D eigenvalue weighted by Gasteiger charge is 2.24. The Bertz CT molecular complexity index is 4570. The Kier molecular flexibility index (Phi) is 12.1. The second-order valence-corrected chi connectivity index (χ2v) is 21.8. The number of hydrogen-bond donors (Lipinski definition) is 0. The molecule has 0 heterocycles. The van der Waals surface area contributed by atoms with Crippen LogP contribution in [0, 0.1) is 13.8 Å². The van der Waals surface area contributed by atoms with Crippen LogP contribution >= 0.6 is 0 Å². The van der Waals surface area contributed by atoms with Crippen molar-refractivity contribution in [1.82, 2.24) is 0 Å². The first kappa shape index (κ1) is 48.7. The standard InChI is InChI=1S/C42H30.C40H26/c1-27-19-23-29(24-20-27)39-31-11-3-7-15-35(31)41(36-16-8-4-12-32(36)39)42-37-17-9-5-13-33(37)40(30-25-21-28(2)22-26-30)34-14-6-10-18-38(34)42;1-3-15-27(16-4-1)37-29-19-7-11-23-33(29)39(34-24-12-8-20-30(34)37)40-35-25-13-9-21-31(35)38(28-17-5-2-6-18-28)32-22-10-14-26-36(32)40/h3-26H,1-2H3;1-26H. The van der Waals surface area contributed by atoms with Gasteiger partial charge in [-0.1, -0.05) is 314 Å². The molecule has 0 saturated carbocycles. The van der Waals surface area contributed by atoms with Gasteiger partial charge in [0, 0.05) is 0 Å². The van der Waals surface area contributed by atoms with E-state index in [2.05, 4.69) is 317 Å². The molecule has 0 aromatic heterocycles. The maximum absolute atomic E-state index is 2.31. The Balaban J connectivity index is 0.000000141. The molecule has 0 amide bonds. The van der Waals surface area contributed by atoms with E-state index in [1.54, 1.807) is 0 Å². The molecule has 384 valence electrons. The van der Waals surface area contributed by atoms with Gasteiger partial charge in [0.05, 0.1) is 0 Å². The minimum Gasteiger partial charge on any atom is -0.0622 e. The second kappa shape index (κ2) is 20.4. The molecular formula is C82H56. The smallest absolute Gasteiger partial charge is 0.00139 e. The van der Waals surface area contributed by atoms with Crippen LogP contribution < -0.4 is 0 Å². The molecule has 0 bridgehead atoms. The molecule has 0 aliphatic rings. The van der Waals surface area contributed by atoms with Gasteiger partial charge in [0.1, 0.15) is 0 Å². The molecule has 0 fully saturated rings. The maximum atomic E-state index is 2.31. The summed E-state index contributed by atoms with van der Waals surface area (Å²) in [5, 5.41) is 20.5. The first-order valence-electron chi connectivity index (χ1n) is 28.6. The molecule has 0 N–H and O–H groups in total. The molecule has 0 heteroatoms. The highest BCUT2D eigenvalue weighted by Crippen LogP contribution is 2.52. The van der Waals surface area contributed by atoms with Gasteiger partial charge in [-0.3, -0.25) is 0 Å². The van der Waals surface area contributed by atoms with Crippen LogP contribution in [0.5, 0.6) is 0 Å². The Morgan fingerprint density at radius 3 is 0.427 bits per heavy atom. The molecule has 0 aliphatic carbocycles. The normalized spacial score (nSPS) is 11.5. The predicted octanol–water partition coefficient (Wildman–Crippen LogP) is 23.2. The fourth-order valence-corrected chi connectivity index (χ4v) is 13.5. The van der Waals surface area contributed by atoms with E-state index in [0.29, 0.717) is 0 Å². The van der Waals surface area contributed by atoms with E-state index in [0.717, 1.165) is 0 Å². The Hall–Kier alpha value is -10.4. The van der Waals surface area contributed by atoms with Gasteiger partial charge in [0.15, 0.2) is 0 Å². The van der Waals surface area contributed by atoms with Crippen LogP contribution in [0.1, 0.15) is 11.1 Å². The summed E-state index contributed by atoms with van der Waals surface area (Å²) < 4.78 is 0. The minimum atomic E-state index is 1.25. The summed E-state index contributed by atoms with van der Waals surface area (Å²) in [5.41, 5.74) is 18.0. The lowest BCUT2D eigenvalue weighted by molar-refractivity contribution is 1.47. The highest BCUT2D eigenvalue weighted by molar-refractivity contribution is 6.32. The van der Waals surface area contributed by atoms with Gasteiger partial charge in [-0.2, -0.15) is 0 Å². The van der Waals surface area contributed by atoms with Crippen molar-refractivity contribution in [3.8, 4) is 66.8 Å². The van der Waals surface area contributed by atoms with Gasteiger partial charge < -0.3 is 0 Å². The molecule has 82 heavy (non-hydrogen) atoms. The third-order valence-electron chi connectivity index (χ3n) is 17.0. The van der Waals surface area contributed by atoms with Crippen molar-refractivity contribution in [2.75, 3.05) is 0 Å². The first-order valence-corrected chi connectivity index (χ1v) is 28.6. The Morgan fingerprint density at radius 2 is 0.256 bits per heavy atom. The Morgan fingerprint density at radius 1 is 0.122 bits per heavy atom. The second-order valence-electron chi connectivity index (χ2n) is 21.8. The summed E-state index contributed by atoms with van der Waals surface area (Å²) in [6, 6.07) is 111. The zero-order valence-electron chi connectivity index (χ0n) is 45.9. The summed E-state index contributed by atoms with van der Waals surface area (Å²) in [4.78, 5) is 0.